The van der Waals surface area contributed by atoms with E-state index in [1.165, 1.54) is 12.8 Å². The summed E-state index contributed by atoms with van der Waals surface area (Å²) in [5.74, 6) is 1.63. The molecule has 3 aliphatic rings. The van der Waals surface area contributed by atoms with Crippen LogP contribution in [0.1, 0.15) is 32.1 Å². The fourth-order valence-corrected chi connectivity index (χ4v) is 4.29. The van der Waals surface area contributed by atoms with Gasteiger partial charge in [-0.3, -0.25) is 4.79 Å². The first-order valence-corrected chi connectivity index (χ1v) is 8.94. The fourth-order valence-electron chi connectivity index (χ4n) is 4.29. The van der Waals surface area contributed by atoms with Crippen molar-refractivity contribution in [3.05, 3.63) is 24.4 Å². The second-order valence-electron chi connectivity index (χ2n) is 7.33. The lowest BCUT2D eigenvalue weighted by Crippen LogP contribution is -2.46. The second-order valence-corrected chi connectivity index (χ2v) is 7.33. The summed E-state index contributed by atoms with van der Waals surface area (Å²) in [6, 6.07) is 6.37. The van der Waals surface area contributed by atoms with Crippen LogP contribution in [0.3, 0.4) is 0 Å². The first-order chi connectivity index (χ1) is 11.3. The van der Waals surface area contributed by atoms with E-state index in [1.54, 1.807) is 0 Å². The van der Waals surface area contributed by atoms with Crippen molar-refractivity contribution in [1.29, 1.82) is 0 Å². The predicted molar refractivity (Wildman–Crippen MR) is 105 cm³/mol. The molecule has 2 saturated heterocycles. The van der Waals surface area contributed by atoms with Crippen LogP contribution in [0.2, 0.25) is 0 Å². The quantitative estimate of drug-likeness (QED) is 0.837. The molecule has 1 saturated carbocycles. The first-order valence-electron chi connectivity index (χ1n) is 8.94. The van der Waals surface area contributed by atoms with E-state index in [0.717, 1.165) is 51.3 Å². The monoisotopic (exact) mass is 386 g/mol. The predicted octanol–water partition coefficient (Wildman–Crippen LogP) is 2.40. The molecule has 5 nitrogen and oxygen atoms in total. The molecule has 25 heavy (non-hydrogen) atoms. The number of amides is 1. The number of halogens is 2. The smallest absolute Gasteiger partial charge is 0.223 e. The molecule has 2 N–H and O–H groups in total. The van der Waals surface area contributed by atoms with Gasteiger partial charge in [0.05, 0.1) is 0 Å². The van der Waals surface area contributed by atoms with E-state index in [4.69, 9.17) is 0 Å². The van der Waals surface area contributed by atoms with Gasteiger partial charge in [0.2, 0.25) is 5.91 Å². The molecule has 2 aliphatic heterocycles. The number of rotatable bonds is 3. The number of aromatic nitrogens is 1. The van der Waals surface area contributed by atoms with Gasteiger partial charge in [-0.15, -0.1) is 24.8 Å². The molecule has 7 heteroatoms. The summed E-state index contributed by atoms with van der Waals surface area (Å²) in [6.07, 6.45) is 7.32. The standard InChI is InChI=1S/C18H26N4O.2ClH/c23-17(15-13-18(15)6-9-19-10-7-18)21-14-4-11-22(12-5-14)16-3-1-2-8-20-16;;/h1-3,8,14-15,19H,4-7,9-13H2,(H,21,23);2*1H. The Morgan fingerprint density at radius 1 is 1.20 bits per heavy atom. The van der Waals surface area contributed by atoms with Crippen LogP contribution in [0, 0.1) is 11.3 Å². The van der Waals surface area contributed by atoms with E-state index in [9.17, 15) is 4.79 Å². The second kappa shape index (κ2) is 8.56. The highest BCUT2D eigenvalue weighted by atomic mass is 35.5. The lowest BCUT2D eigenvalue weighted by Gasteiger charge is -2.33. The van der Waals surface area contributed by atoms with E-state index in [2.05, 4.69) is 26.6 Å². The van der Waals surface area contributed by atoms with E-state index in [1.807, 2.05) is 18.3 Å². The zero-order valence-corrected chi connectivity index (χ0v) is 16.1. The maximum atomic E-state index is 12.5. The third-order valence-electron chi connectivity index (χ3n) is 5.92. The normalized spacial score (nSPS) is 24.8. The molecule has 1 unspecified atom stereocenters. The number of nitrogens with one attached hydrogen (secondary N) is 2. The summed E-state index contributed by atoms with van der Waals surface area (Å²) in [5.41, 5.74) is 0.337. The van der Waals surface area contributed by atoms with Crippen molar-refractivity contribution in [1.82, 2.24) is 15.6 Å². The van der Waals surface area contributed by atoms with Gasteiger partial charge in [-0.2, -0.15) is 0 Å². The molecule has 1 amide bonds. The number of hydrogen-bond donors (Lipinski definition) is 2. The Labute approximate surface area is 162 Å². The lowest BCUT2D eigenvalue weighted by molar-refractivity contribution is -0.124. The van der Waals surface area contributed by atoms with E-state index >= 15 is 0 Å². The third kappa shape index (κ3) is 4.39. The Bertz CT molecular complexity index is 557. The van der Waals surface area contributed by atoms with Gasteiger partial charge in [-0.05, 0) is 62.7 Å². The van der Waals surface area contributed by atoms with Crippen LogP contribution in [0.4, 0.5) is 5.82 Å². The number of carbonyl (C=O) groups is 1. The Morgan fingerprint density at radius 3 is 2.56 bits per heavy atom. The number of nitrogens with zero attached hydrogens (tertiary/aromatic N) is 2. The number of anilines is 1. The highest BCUT2D eigenvalue weighted by molar-refractivity contribution is 5.85. The molecule has 3 fully saturated rings. The lowest BCUT2D eigenvalue weighted by atomic mass is 9.91. The van der Waals surface area contributed by atoms with Crippen molar-refractivity contribution in [3.63, 3.8) is 0 Å². The minimum absolute atomic E-state index is 0. The molecular weight excluding hydrogens is 359 g/mol. The van der Waals surface area contributed by atoms with Gasteiger partial charge < -0.3 is 15.5 Å². The summed E-state index contributed by atoms with van der Waals surface area (Å²) < 4.78 is 0. The topological polar surface area (TPSA) is 57.3 Å². The van der Waals surface area contributed by atoms with Crippen molar-refractivity contribution < 1.29 is 4.79 Å². The van der Waals surface area contributed by atoms with Crippen molar-refractivity contribution in [3.8, 4) is 0 Å². The summed E-state index contributed by atoms with van der Waals surface area (Å²) in [6.45, 7) is 4.10. The van der Waals surface area contributed by atoms with Crippen LogP contribution in [-0.4, -0.2) is 43.1 Å². The fraction of sp³-hybridized carbons (Fsp3) is 0.667. The average molecular weight is 387 g/mol. The molecule has 4 rings (SSSR count). The Morgan fingerprint density at radius 2 is 1.92 bits per heavy atom. The molecule has 0 radical (unpaired) electrons. The van der Waals surface area contributed by atoms with Crippen LogP contribution >= 0.6 is 24.8 Å². The van der Waals surface area contributed by atoms with Crippen LogP contribution < -0.4 is 15.5 Å². The third-order valence-corrected chi connectivity index (χ3v) is 5.92. The number of hydrogen-bond acceptors (Lipinski definition) is 4. The largest absolute Gasteiger partial charge is 0.356 e. The van der Waals surface area contributed by atoms with E-state index in [-0.39, 0.29) is 30.7 Å². The minimum atomic E-state index is 0. The van der Waals surface area contributed by atoms with Gasteiger partial charge in [0.15, 0.2) is 0 Å². The van der Waals surface area contributed by atoms with Crippen molar-refractivity contribution in [2.24, 2.45) is 11.3 Å². The van der Waals surface area contributed by atoms with Crippen LogP contribution in [0.15, 0.2) is 24.4 Å². The minimum Gasteiger partial charge on any atom is -0.356 e. The van der Waals surface area contributed by atoms with E-state index < -0.39 is 0 Å². The summed E-state index contributed by atoms with van der Waals surface area (Å²) in [7, 11) is 0. The molecule has 0 bridgehead atoms. The highest BCUT2D eigenvalue weighted by Gasteiger charge is 2.57. The Kier molecular flexibility index (Phi) is 6.94. The van der Waals surface area contributed by atoms with Gasteiger partial charge in [-0.25, -0.2) is 4.98 Å². The Hall–Kier alpha value is -1.04. The van der Waals surface area contributed by atoms with Gasteiger partial charge >= 0.3 is 0 Å². The number of piperidine rings is 2. The molecule has 1 atom stereocenters. The molecule has 140 valence electrons. The zero-order valence-electron chi connectivity index (χ0n) is 14.4. The van der Waals surface area contributed by atoms with Crippen LogP contribution in [0.25, 0.3) is 0 Å². The molecular formula is C18H28Cl2N4O. The molecule has 0 aromatic carbocycles. The molecule has 1 aromatic heterocycles. The molecule has 3 heterocycles. The molecule has 1 spiro atoms. The Balaban J connectivity index is 0.00000113. The first kappa shape index (κ1) is 20.3. The number of pyridine rings is 1. The average Bonchev–Trinajstić information content (AvgIpc) is 3.30. The SMILES string of the molecule is Cl.Cl.O=C(NC1CCN(c2ccccn2)CC1)C1CC12CCNCC2. The maximum Gasteiger partial charge on any atom is 0.223 e. The highest BCUT2D eigenvalue weighted by Crippen LogP contribution is 2.58. The van der Waals surface area contributed by atoms with Gasteiger partial charge in [0, 0.05) is 31.2 Å². The van der Waals surface area contributed by atoms with Crippen molar-refractivity contribution >= 4 is 36.5 Å². The van der Waals surface area contributed by atoms with E-state index in [0.29, 0.717) is 17.4 Å². The van der Waals surface area contributed by atoms with Gasteiger partial charge in [0.1, 0.15) is 5.82 Å². The van der Waals surface area contributed by atoms with Gasteiger partial charge in [0.25, 0.3) is 0 Å². The maximum absolute atomic E-state index is 12.5. The summed E-state index contributed by atoms with van der Waals surface area (Å²) in [4.78, 5) is 19.3. The summed E-state index contributed by atoms with van der Waals surface area (Å²) in [5, 5.41) is 6.72. The van der Waals surface area contributed by atoms with Crippen molar-refractivity contribution in [2.75, 3.05) is 31.1 Å². The van der Waals surface area contributed by atoms with Crippen LogP contribution in [0.5, 0.6) is 0 Å². The molecule has 1 aromatic rings. The summed E-state index contributed by atoms with van der Waals surface area (Å²) >= 11 is 0. The van der Waals surface area contributed by atoms with Crippen LogP contribution in [-0.2, 0) is 4.79 Å². The van der Waals surface area contributed by atoms with Crippen molar-refractivity contribution in [2.45, 2.75) is 38.1 Å². The zero-order chi connectivity index (χ0) is 15.7. The number of carbonyl (C=O) groups excluding carboxylic acids is 1. The van der Waals surface area contributed by atoms with Gasteiger partial charge in [-0.1, -0.05) is 6.07 Å². The molecule has 1 aliphatic carbocycles.